The van der Waals surface area contributed by atoms with Crippen LogP contribution >= 0.6 is 11.6 Å². The van der Waals surface area contributed by atoms with E-state index in [2.05, 4.69) is 0 Å². The highest BCUT2D eigenvalue weighted by Crippen LogP contribution is 2.24. The van der Waals surface area contributed by atoms with Crippen molar-refractivity contribution in [2.45, 2.75) is 26.6 Å². The molecule has 0 heterocycles. The molecule has 0 radical (unpaired) electrons. The molecular formula is C13H19ClO3. The van der Waals surface area contributed by atoms with Gasteiger partial charge in [0.2, 0.25) is 0 Å². The van der Waals surface area contributed by atoms with Crippen molar-refractivity contribution in [3.63, 3.8) is 0 Å². The Balaban J connectivity index is 2.71. The highest BCUT2D eigenvalue weighted by atomic mass is 35.5. The van der Waals surface area contributed by atoms with Crippen LogP contribution in [-0.4, -0.2) is 26.6 Å². The summed E-state index contributed by atoms with van der Waals surface area (Å²) in [6.07, 6.45) is 0.403. The number of halogens is 1. The quantitative estimate of drug-likeness (QED) is 0.703. The van der Waals surface area contributed by atoms with Crippen LogP contribution in [0.3, 0.4) is 0 Å². The van der Waals surface area contributed by atoms with E-state index in [1.807, 2.05) is 26.0 Å². The van der Waals surface area contributed by atoms with Crippen LogP contribution in [0.15, 0.2) is 18.2 Å². The fraction of sp³-hybridized carbons (Fsp3) is 0.538. The Kier molecular flexibility index (Phi) is 6.34. The summed E-state index contributed by atoms with van der Waals surface area (Å²) >= 11 is 6.16. The molecule has 0 aliphatic heterocycles. The summed E-state index contributed by atoms with van der Waals surface area (Å²) < 4.78 is 16.1. The standard InChI is InChI=1S/C13H19ClO3/c1-4-16-13(17-5-2)8-10-6-7-11(15-3)9-12(10)14/h6-7,9,13H,4-5,8H2,1-3H3. The smallest absolute Gasteiger partial charge is 0.161 e. The lowest BCUT2D eigenvalue weighted by molar-refractivity contribution is -0.134. The summed E-state index contributed by atoms with van der Waals surface area (Å²) in [6, 6.07) is 5.62. The molecule has 0 aliphatic rings. The largest absolute Gasteiger partial charge is 0.497 e. The summed E-state index contributed by atoms with van der Waals surface area (Å²) in [6.45, 7) is 5.14. The second kappa shape index (κ2) is 7.54. The molecule has 0 bridgehead atoms. The van der Waals surface area contributed by atoms with Crippen molar-refractivity contribution >= 4 is 11.6 Å². The molecule has 0 aliphatic carbocycles. The summed E-state index contributed by atoms with van der Waals surface area (Å²) in [5, 5.41) is 0.675. The number of hydrogen-bond donors (Lipinski definition) is 0. The van der Waals surface area contributed by atoms with Gasteiger partial charge in [0.15, 0.2) is 6.29 Å². The van der Waals surface area contributed by atoms with E-state index in [1.54, 1.807) is 13.2 Å². The van der Waals surface area contributed by atoms with Crippen molar-refractivity contribution in [3.05, 3.63) is 28.8 Å². The molecule has 1 aromatic rings. The molecule has 0 N–H and O–H groups in total. The minimum Gasteiger partial charge on any atom is -0.497 e. The monoisotopic (exact) mass is 258 g/mol. The average Bonchev–Trinajstić information content (AvgIpc) is 2.32. The molecule has 0 amide bonds. The Hall–Kier alpha value is -0.770. The van der Waals surface area contributed by atoms with E-state index in [0.29, 0.717) is 24.7 Å². The maximum absolute atomic E-state index is 6.16. The molecule has 1 rings (SSSR count). The van der Waals surface area contributed by atoms with Gasteiger partial charge < -0.3 is 14.2 Å². The summed E-state index contributed by atoms with van der Waals surface area (Å²) in [5.74, 6) is 0.753. The van der Waals surface area contributed by atoms with Crippen LogP contribution in [0, 0.1) is 0 Å². The minimum absolute atomic E-state index is 0.240. The fourth-order valence-corrected chi connectivity index (χ4v) is 1.79. The molecule has 0 unspecified atom stereocenters. The van der Waals surface area contributed by atoms with Crippen LogP contribution in [0.5, 0.6) is 5.75 Å². The molecule has 0 fully saturated rings. The van der Waals surface area contributed by atoms with Crippen LogP contribution in [0.2, 0.25) is 5.02 Å². The molecule has 3 nitrogen and oxygen atoms in total. The molecule has 96 valence electrons. The van der Waals surface area contributed by atoms with Gasteiger partial charge in [0.05, 0.1) is 7.11 Å². The topological polar surface area (TPSA) is 27.7 Å². The maximum atomic E-state index is 6.16. The predicted octanol–water partition coefficient (Wildman–Crippen LogP) is 3.29. The van der Waals surface area contributed by atoms with Gasteiger partial charge in [0.1, 0.15) is 5.75 Å². The van der Waals surface area contributed by atoms with Gasteiger partial charge in [-0.2, -0.15) is 0 Å². The fourth-order valence-electron chi connectivity index (χ4n) is 1.54. The van der Waals surface area contributed by atoms with Crippen molar-refractivity contribution in [3.8, 4) is 5.75 Å². The molecule has 0 atom stereocenters. The van der Waals surface area contributed by atoms with E-state index in [0.717, 1.165) is 11.3 Å². The first-order valence-corrected chi connectivity index (χ1v) is 6.14. The predicted molar refractivity (Wildman–Crippen MR) is 68.7 cm³/mol. The zero-order chi connectivity index (χ0) is 12.7. The second-order valence-corrected chi connectivity index (χ2v) is 3.91. The third kappa shape index (κ3) is 4.54. The van der Waals surface area contributed by atoms with Crippen LogP contribution in [0.1, 0.15) is 19.4 Å². The van der Waals surface area contributed by atoms with Gasteiger partial charge in [-0.25, -0.2) is 0 Å². The normalized spacial score (nSPS) is 10.9. The Morgan fingerprint density at radius 3 is 2.29 bits per heavy atom. The lowest BCUT2D eigenvalue weighted by atomic mass is 10.1. The SMILES string of the molecule is CCOC(Cc1ccc(OC)cc1Cl)OCC. The van der Waals surface area contributed by atoms with Crippen molar-refractivity contribution in [1.82, 2.24) is 0 Å². The van der Waals surface area contributed by atoms with Crippen molar-refractivity contribution in [1.29, 1.82) is 0 Å². The van der Waals surface area contributed by atoms with Crippen LogP contribution < -0.4 is 4.74 Å². The zero-order valence-corrected chi connectivity index (χ0v) is 11.3. The molecule has 0 saturated heterocycles. The first-order chi connectivity index (χ1) is 8.21. The molecule has 17 heavy (non-hydrogen) atoms. The Bertz CT molecular complexity index is 335. The average molecular weight is 259 g/mol. The Labute approximate surface area is 108 Å². The Morgan fingerprint density at radius 1 is 1.18 bits per heavy atom. The maximum Gasteiger partial charge on any atom is 0.161 e. The highest BCUT2D eigenvalue weighted by Gasteiger charge is 2.12. The van der Waals surface area contributed by atoms with E-state index in [9.17, 15) is 0 Å². The van der Waals surface area contributed by atoms with Gasteiger partial charge in [-0.3, -0.25) is 0 Å². The van der Waals surface area contributed by atoms with Gasteiger partial charge >= 0.3 is 0 Å². The number of benzene rings is 1. The van der Waals surface area contributed by atoms with Gasteiger partial charge in [0.25, 0.3) is 0 Å². The van der Waals surface area contributed by atoms with Gasteiger partial charge in [-0.1, -0.05) is 17.7 Å². The van der Waals surface area contributed by atoms with Crippen molar-refractivity contribution < 1.29 is 14.2 Å². The number of methoxy groups -OCH3 is 1. The van der Waals surface area contributed by atoms with E-state index >= 15 is 0 Å². The molecule has 1 aromatic carbocycles. The number of hydrogen-bond acceptors (Lipinski definition) is 3. The van der Waals surface area contributed by atoms with Crippen molar-refractivity contribution in [2.75, 3.05) is 20.3 Å². The van der Waals surface area contributed by atoms with Gasteiger partial charge in [-0.15, -0.1) is 0 Å². The Morgan fingerprint density at radius 2 is 1.82 bits per heavy atom. The van der Waals surface area contributed by atoms with Crippen molar-refractivity contribution in [2.24, 2.45) is 0 Å². The summed E-state index contributed by atoms with van der Waals surface area (Å²) in [5.41, 5.74) is 0.999. The van der Waals surface area contributed by atoms with E-state index in [1.165, 1.54) is 0 Å². The number of rotatable bonds is 7. The number of ether oxygens (including phenoxy) is 3. The molecule has 0 saturated carbocycles. The summed E-state index contributed by atoms with van der Waals surface area (Å²) in [4.78, 5) is 0. The van der Waals surface area contributed by atoms with Gasteiger partial charge in [0, 0.05) is 24.7 Å². The van der Waals surface area contributed by atoms with Crippen LogP contribution in [0.4, 0.5) is 0 Å². The molecule has 0 aromatic heterocycles. The zero-order valence-electron chi connectivity index (χ0n) is 10.5. The van der Waals surface area contributed by atoms with Crippen LogP contribution in [0.25, 0.3) is 0 Å². The lowest BCUT2D eigenvalue weighted by Gasteiger charge is -2.17. The van der Waals surface area contributed by atoms with E-state index in [4.69, 9.17) is 25.8 Å². The van der Waals surface area contributed by atoms with Gasteiger partial charge in [-0.05, 0) is 31.5 Å². The second-order valence-electron chi connectivity index (χ2n) is 3.50. The highest BCUT2D eigenvalue weighted by molar-refractivity contribution is 6.31. The molecule has 0 spiro atoms. The third-order valence-corrected chi connectivity index (χ3v) is 2.70. The van der Waals surface area contributed by atoms with E-state index < -0.39 is 0 Å². The lowest BCUT2D eigenvalue weighted by Crippen LogP contribution is -2.20. The third-order valence-electron chi connectivity index (χ3n) is 2.35. The van der Waals surface area contributed by atoms with E-state index in [-0.39, 0.29) is 6.29 Å². The van der Waals surface area contributed by atoms with Crippen LogP contribution in [-0.2, 0) is 15.9 Å². The molecule has 4 heteroatoms. The first-order valence-electron chi connectivity index (χ1n) is 5.76. The first kappa shape index (κ1) is 14.3. The summed E-state index contributed by atoms with van der Waals surface area (Å²) in [7, 11) is 1.62. The molecular weight excluding hydrogens is 240 g/mol. The minimum atomic E-state index is -0.240.